The third kappa shape index (κ3) is 4.42. The third-order valence-corrected chi connectivity index (χ3v) is 2.57. The molecular weight excluding hydrogens is 178 g/mol. The highest BCUT2D eigenvalue weighted by molar-refractivity contribution is 5.86. The highest BCUT2D eigenvalue weighted by atomic mass is 16.4. The predicted octanol–water partition coefficient (Wildman–Crippen LogP) is 1.80. The molecule has 0 aromatic rings. The topological polar surface area (TPSA) is 49.3 Å². The molecule has 0 heterocycles. The maximum Gasteiger partial charge on any atom is 0.331 e. The van der Waals surface area contributed by atoms with Crippen molar-refractivity contribution in [3.63, 3.8) is 0 Å². The van der Waals surface area contributed by atoms with Crippen LogP contribution in [0.25, 0.3) is 0 Å². The molecule has 0 amide bonds. The summed E-state index contributed by atoms with van der Waals surface area (Å²) in [5, 5.41) is 12.0. The molecule has 0 aliphatic heterocycles. The molecule has 14 heavy (non-hydrogen) atoms. The molecule has 3 heteroatoms. The summed E-state index contributed by atoms with van der Waals surface area (Å²) in [6.45, 7) is 3.56. The summed E-state index contributed by atoms with van der Waals surface area (Å²) in [4.78, 5) is 10.6. The van der Waals surface area contributed by atoms with Crippen LogP contribution in [0.3, 0.4) is 0 Å². The lowest BCUT2D eigenvalue weighted by molar-refractivity contribution is -0.132. The summed E-state index contributed by atoms with van der Waals surface area (Å²) >= 11 is 0. The zero-order valence-electron chi connectivity index (χ0n) is 8.75. The normalized spacial score (nSPS) is 17.1. The van der Waals surface area contributed by atoms with Gasteiger partial charge in [-0.05, 0) is 25.3 Å². The maximum absolute atomic E-state index is 10.6. The van der Waals surface area contributed by atoms with Crippen molar-refractivity contribution in [2.24, 2.45) is 5.92 Å². The van der Waals surface area contributed by atoms with Crippen molar-refractivity contribution >= 4 is 5.97 Å². The first-order valence-corrected chi connectivity index (χ1v) is 5.37. The van der Waals surface area contributed by atoms with E-state index >= 15 is 0 Å². The lowest BCUT2D eigenvalue weighted by Gasteiger charge is -2.01. The molecule has 1 aliphatic carbocycles. The van der Waals surface area contributed by atoms with Crippen LogP contribution in [0.15, 0.2) is 11.6 Å². The Morgan fingerprint density at radius 1 is 1.57 bits per heavy atom. The van der Waals surface area contributed by atoms with E-state index < -0.39 is 5.97 Å². The molecule has 0 bridgehead atoms. The average molecular weight is 197 g/mol. The van der Waals surface area contributed by atoms with E-state index in [9.17, 15) is 4.79 Å². The summed E-state index contributed by atoms with van der Waals surface area (Å²) in [7, 11) is 0. The summed E-state index contributed by atoms with van der Waals surface area (Å²) in [5.74, 6) is 0.146. The van der Waals surface area contributed by atoms with Crippen LogP contribution >= 0.6 is 0 Å². The molecule has 1 rings (SSSR count). The molecule has 0 unspecified atom stereocenters. The van der Waals surface area contributed by atoms with E-state index in [1.165, 1.54) is 19.3 Å². The van der Waals surface area contributed by atoms with Crippen LogP contribution in [0.5, 0.6) is 0 Å². The molecule has 0 saturated heterocycles. The minimum absolute atomic E-state index is 0.504. The molecule has 2 N–H and O–H groups in total. The largest absolute Gasteiger partial charge is 0.478 e. The van der Waals surface area contributed by atoms with Crippen molar-refractivity contribution in [1.29, 1.82) is 0 Å². The Balaban J connectivity index is 2.06. The van der Waals surface area contributed by atoms with E-state index in [0.29, 0.717) is 18.5 Å². The fourth-order valence-electron chi connectivity index (χ4n) is 1.39. The van der Waals surface area contributed by atoms with Crippen LogP contribution in [-0.2, 0) is 4.79 Å². The number of carboxylic acids is 1. The Bertz CT molecular complexity index is 219. The second-order valence-electron chi connectivity index (χ2n) is 3.82. The zero-order chi connectivity index (χ0) is 10.4. The van der Waals surface area contributed by atoms with Crippen LogP contribution in [-0.4, -0.2) is 24.2 Å². The average Bonchev–Trinajstić information content (AvgIpc) is 2.94. The van der Waals surface area contributed by atoms with Crippen LogP contribution in [0.4, 0.5) is 0 Å². The monoisotopic (exact) mass is 197 g/mol. The SMILES string of the molecule is CCC(=CCNCCC1CC1)C(=O)O. The number of carboxylic acid groups (broad SMARTS) is 1. The number of hydrogen-bond donors (Lipinski definition) is 2. The molecular formula is C11H19NO2. The van der Waals surface area contributed by atoms with Gasteiger partial charge in [-0.25, -0.2) is 4.79 Å². The number of nitrogens with one attached hydrogen (secondary N) is 1. The Morgan fingerprint density at radius 3 is 2.79 bits per heavy atom. The highest BCUT2D eigenvalue weighted by Crippen LogP contribution is 2.31. The van der Waals surface area contributed by atoms with E-state index in [1.54, 1.807) is 6.08 Å². The van der Waals surface area contributed by atoms with Gasteiger partial charge < -0.3 is 10.4 Å². The van der Waals surface area contributed by atoms with Gasteiger partial charge in [-0.3, -0.25) is 0 Å². The van der Waals surface area contributed by atoms with E-state index in [0.717, 1.165) is 12.5 Å². The van der Waals surface area contributed by atoms with E-state index in [4.69, 9.17) is 5.11 Å². The van der Waals surface area contributed by atoms with Crippen molar-refractivity contribution < 1.29 is 9.90 Å². The van der Waals surface area contributed by atoms with Crippen molar-refractivity contribution in [3.05, 3.63) is 11.6 Å². The van der Waals surface area contributed by atoms with Gasteiger partial charge in [0.1, 0.15) is 0 Å². The predicted molar refractivity (Wildman–Crippen MR) is 56.2 cm³/mol. The van der Waals surface area contributed by atoms with Gasteiger partial charge in [0.25, 0.3) is 0 Å². The highest BCUT2D eigenvalue weighted by Gasteiger charge is 2.19. The van der Waals surface area contributed by atoms with Gasteiger partial charge in [0.05, 0.1) is 0 Å². The standard InChI is InChI=1S/C11H19NO2/c1-2-10(11(13)14)6-8-12-7-5-9-3-4-9/h6,9,12H,2-5,7-8H2,1H3,(H,13,14). The van der Waals surface area contributed by atoms with Gasteiger partial charge in [-0.2, -0.15) is 0 Å². The van der Waals surface area contributed by atoms with Crippen molar-refractivity contribution in [2.45, 2.75) is 32.6 Å². The Hall–Kier alpha value is -0.830. The van der Waals surface area contributed by atoms with Crippen molar-refractivity contribution in [1.82, 2.24) is 5.32 Å². The summed E-state index contributed by atoms with van der Waals surface area (Å²) in [6.07, 6.45) is 6.37. The summed E-state index contributed by atoms with van der Waals surface area (Å²) in [6, 6.07) is 0. The minimum atomic E-state index is -0.795. The first kappa shape index (κ1) is 11.2. The van der Waals surface area contributed by atoms with Gasteiger partial charge in [-0.15, -0.1) is 0 Å². The molecule has 1 saturated carbocycles. The van der Waals surface area contributed by atoms with Crippen LogP contribution in [0, 0.1) is 5.92 Å². The van der Waals surface area contributed by atoms with E-state index in [2.05, 4.69) is 5.32 Å². The van der Waals surface area contributed by atoms with Gasteiger partial charge in [0.15, 0.2) is 0 Å². The summed E-state index contributed by atoms with van der Waals surface area (Å²) in [5.41, 5.74) is 0.504. The van der Waals surface area contributed by atoms with Gasteiger partial charge in [0, 0.05) is 12.1 Å². The Morgan fingerprint density at radius 2 is 2.29 bits per heavy atom. The quantitative estimate of drug-likeness (QED) is 0.483. The molecule has 1 aliphatic rings. The van der Waals surface area contributed by atoms with Crippen LogP contribution < -0.4 is 5.32 Å². The van der Waals surface area contributed by atoms with Crippen molar-refractivity contribution in [2.75, 3.05) is 13.1 Å². The lowest BCUT2D eigenvalue weighted by atomic mass is 10.2. The molecule has 3 nitrogen and oxygen atoms in total. The van der Waals surface area contributed by atoms with Gasteiger partial charge in [-0.1, -0.05) is 25.8 Å². The number of hydrogen-bond acceptors (Lipinski definition) is 2. The fraction of sp³-hybridized carbons (Fsp3) is 0.727. The molecule has 1 fully saturated rings. The minimum Gasteiger partial charge on any atom is -0.478 e. The van der Waals surface area contributed by atoms with Crippen LogP contribution in [0.2, 0.25) is 0 Å². The molecule has 0 atom stereocenters. The first-order valence-electron chi connectivity index (χ1n) is 5.37. The Labute approximate surface area is 85.2 Å². The molecule has 0 radical (unpaired) electrons. The number of rotatable bonds is 7. The van der Waals surface area contributed by atoms with E-state index in [1.807, 2.05) is 6.92 Å². The molecule has 0 aromatic heterocycles. The summed E-state index contributed by atoms with van der Waals surface area (Å²) < 4.78 is 0. The first-order chi connectivity index (χ1) is 6.74. The number of carbonyl (C=O) groups is 1. The van der Waals surface area contributed by atoms with Crippen molar-refractivity contribution in [3.8, 4) is 0 Å². The lowest BCUT2D eigenvalue weighted by Crippen LogP contribution is -2.16. The second kappa shape index (κ2) is 5.81. The van der Waals surface area contributed by atoms with Gasteiger partial charge in [0.2, 0.25) is 0 Å². The third-order valence-electron chi connectivity index (χ3n) is 2.57. The number of aliphatic carboxylic acids is 1. The van der Waals surface area contributed by atoms with Gasteiger partial charge >= 0.3 is 5.97 Å². The molecule has 80 valence electrons. The zero-order valence-corrected chi connectivity index (χ0v) is 8.75. The van der Waals surface area contributed by atoms with Crippen LogP contribution in [0.1, 0.15) is 32.6 Å². The molecule has 0 aromatic carbocycles. The molecule has 0 spiro atoms. The Kier molecular flexibility index (Phi) is 4.66. The van der Waals surface area contributed by atoms with E-state index in [-0.39, 0.29) is 0 Å². The second-order valence-corrected chi connectivity index (χ2v) is 3.82. The fourth-order valence-corrected chi connectivity index (χ4v) is 1.39. The maximum atomic E-state index is 10.6. The smallest absolute Gasteiger partial charge is 0.331 e.